The molecule has 5 heteroatoms. The van der Waals surface area contributed by atoms with Crippen molar-refractivity contribution in [2.45, 2.75) is 32.4 Å². The van der Waals surface area contributed by atoms with Gasteiger partial charge in [-0.25, -0.2) is 0 Å². The number of carbonyl (C=O) groups excluding carboxylic acids is 1. The third-order valence-corrected chi connectivity index (χ3v) is 6.27. The zero-order valence-electron chi connectivity index (χ0n) is 18.8. The first-order valence-corrected chi connectivity index (χ1v) is 11.3. The number of aryl methyl sites for hydroxylation is 1. The average molecular weight is 430 g/mol. The minimum atomic E-state index is -0.234. The van der Waals surface area contributed by atoms with Crippen LogP contribution in [0.5, 0.6) is 5.75 Å². The van der Waals surface area contributed by atoms with Crippen molar-refractivity contribution in [3.05, 3.63) is 95.3 Å². The van der Waals surface area contributed by atoms with Crippen LogP contribution in [0.1, 0.15) is 41.3 Å². The summed E-state index contributed by atoms with van der Waals surface area (Å²) in [4.78, 5) is 20.2. The van der Waals surface area contributed by atoms with Gasteiger partial charge in [-0.05, 0) is 67.7 Å². The molecule has 1 saturated heterocycles. The molecule has 1 aliphatic heterocycles. The van der Waals surface area contributed by atoms with Gasteiger partial charge in [0.25, 0.3) is 0 Å². The number of hydrogen-bond donors (Lipinski definition) is 1. The van der Waals surface area contributed by atoms with Crippen LogP contribution in [0.15, 0.2) is 72.9 Å². The van der Waals surface area contributed by atoms with E-state index < -0.39 is 0 Å². The number of amides is 1. The van der Waals surface area contributed by atoms with Crippen molar-refractivity contribution in [2.75, 3.05) is 20.2 Å². The molecule has 0 saturated carbocycles. The fraction of sp³-hybridized carbons (Fsp3) is 0.333. The minimum absolute atomic E-state index is 0.0253. The number of hydrogen-bond acceptors (Lipinski definition) is 4. The van der Waals surface area contributed by atoms with Crippen LogP contribution in [-0.4, -0.2) is 36.0 Å². The summed E-state index contributed by atoms with van der Waals surface area (Å²) in [5.74, 6) is 1.02. The highest BCUT2D eigenvalue weighted by atomic mass is 16.5. The summed E-state index contributed by atoms with van der Waals surface area (Å²) in [7, 11) is 1.68. The maximum Gasteiger partial charge on any atom is 0.224 e. The minimum Gasteiger partial charge on any atom is -0.497 e. The Balaban J connectivity index is 1.38. The molecule has 1 atom stereocenters. The molecular formula is C27H31N3O2. The molecule has 2 aromatic carbocycles. The van der Waals surface area contributed by atoms with E-state index in [4.69, 9.17) is 4.74 Å². The van der Waals surface area contributed by atoms with E-state index in [-0.39, 0.29) is 17.9 Å². The lowest BCUT2D eigenvalue weighted by Crippen LogP contribution is -2.41. The van der Waals surface area contributed by atoms with E-state index >= 15 is 0 Å². The average Bonchev–Trinajstić information content (AvgIpc) is 2.84. The number of carbonyl (C=O) groups is 1. The van der Waals surface area contributed by atoms with Gasteiger partial charge in [0.15, 0.2) is 0 Å². The summed E-state index contributed by atoms with van der Waals surface area (Å²) in [6.45, 7) is 4.78. The topological polar surface area (TPSA) is 54.5 Å². The molecule has 1 unspecified atom stereocenters. The third-order valence-electron chi connectivity index (χ3n) is 6.27. The second-order valence-electron chi connectivity index (χ2n) is 8.46. The molecule has 166 valence electrons. The van der Waals surface area contributed by atoms with Crippen molar-refractivity contribution >= 4 is 5.91 Å². The second kappa shape index (κ2) is 10.4. The van der Waals surface area contributed by atoms with Crippen molar-refractivity contribution in [3.8, 4) is 5.75 Å². The molecule has 1 aliphatic rings. The van der Waals surface area contributed by atoms with E-state index in [2.05, 4.69) is 39.5 Å². The van der Waals surface area contributed by atoms with E-state index in [1.807, 2.05) is 49.4 Å². The highest BCUT2D eigenvalue weighted by Crippen LogP contribution is 2.26. The van der Waals surface area contributed by atoms with E-state index in [9.17, 15) is 4.79 Å². The first-order valence-electron chi connectivity index (χ1n) is 11.3. The summed E-state index contributed by atoms with van der Waals surface area (Å²) in [5.41, 5.74) is 4.31. The van der Waals surface area contributed by atoms with E-state index in [1.165, 1.54) is 5.56 Å². The molecule has 4 rings (SSSR count). The molecule has 1 amide bonds. The molecular weight excluding hydrogens is 398 g/mol. The van der Waals surface area contributed by atoms with Gasteiger partial charge in [-0.3, -0.25) is 14.7 Å². The van der Waals surface area contributed by atoms with Crippen molar-refractivity contribution in [2.24, 2.45) is 5.92 Å². The molecule has 32 heavy (non-hydrogen) atoms. The lowest BCUT2D eigenvalue weighted by Gasteiger charge is -2.32. The molecule has 3 aromatic rings. The lowest BCUT2D eigenvalue weighted by molar-refractivity contribution is -0.127. The summed E-state index contributed by atoms with van der Waals surface area (Å²) in [6.07, 6.45) is 3.53. The van der Waals surface area contributed by atoms with Crippen LogP contribution >= 0.6 is 0 Å². The Hall–Kier alpha value is -3.18. The summed E-state index contributed by atoms with van der Waals surface area (Å²) >= 11 is 0. The fourth-order valence-electron chi connectivity index (χ4n) is 4.36. The van der Waals surface area contributed by atoms with Gasteiger partial charge in [0.05, 0.1) is 18.8 Å². The van der Waals surface area contributed by atoms with Gasteiger partial charge in [0, 0.05) is 18.7 Å². The predicted molar refractivity (Wildman–Crippen MR) is 126 cm³/mol. The predicted octanol–water partition coefficient (Wildman–Crippen LogP) is 4.52. The Labute approximate surface area is 190 Å². The molecule has 1 fully saturated rings. The van der Waals surface area contributed by atoms with Crippen molar-refractivity contribution < 1.29 is 9.53 Å². The number of aromatic nitrogens is 1. The number of benzene rings is 2. The van der Waals surface area contributed by atoms with Gasteiger partial charge in [-0.2, -0.15) is 0 Å². The quantitative estimate of drug-likeness (QED) is 0.600. The molecule has 1 aromatic heterocycles. The van der Waals surface area contributed by atoms with Crippen molar-refractivity contribution in [1.29, 1.82) is 0 Å². The van der Waals surface area contributed by atoms with Gasteiger partial charge in [0.1, 0.15) is 5.75 Å². The number of rotatable bonds is 7. The molecule has 0 spiro atoms. The summed E-state index contributed by atoms with van der Waals surface area (Å²) < 4.78 is 5.24. The third kappa shape index (κ3) is 5.35. The smallest absolute Gasteiger partial charge is 0.224 e. The van der Waals surface area contributed by atoms with Gasteiger partial charge < -0.3 is 10.1 Å². The first-order chi connectivity index (χ1) is 15.6. The first kappa shape index (κ1) is 22.0. The highest BCUT2D eigenvalue weighted by Gasteiger charge is 2.28. The molecule has 0 aliphatic carbocycles. The number of methoxy groups -OCH3 is 1. The standard InChI is InChI=1S/C27H31N3O2/c1-20-7-6-16-28-25(20)26(22-8-4-3-5-9-22)29-27(31)23-14-17-30(18-15-23)19-21-10-12-24(32-2)13-11-21/h3-13,16,23,26H,14-15,17-19H2,1-2H3,(H,29,31). The molecule has 1 N–H and O–H groups in total. The number of likely N-dealkylation sites (tertiary alicyclic amines) is 1. The van der Waals surface area contributed by atoms with Crippen molar-refractivity contribution in [3.63, 3.8) is 0 Å². The van der Waals surface area contributed by atoms with Crippen LogP contribution in [0, 0.1) is 12.8 Å². The van der Waals surface area contributed by atoms with Crippen LogP contribution in [0.25, 0.3) is 0 Å². The molecule has 0 radical (unpaired) electrons. The van der Waals surface area contributed by atoms with E-state index in [0.29, 0.717) is 0 Å². The van der Waals surface area contributed by atoms with Crippen molar-refractivity contribution in [1.82, 2.24) is 15.2 Å². The highest BCUT2D eigenvalue weighted by molar-refractivity contribution is 5.79. The van der Waals surface area contributed by atoms with Crippen LogP contribution in [-0.2, 0) is 11.3 Å². The SMILES string of the molecule is COc1ccc(CN2CCC(C(=O)NC(c3ccccc3)c3ncccc3C)CC2)cc1. The lowest BCUT2D eigenvalue weighted by atomic mass is 9.93. The van der Waals surface area contributed by atoms with Gasteiger partial charge in [0.2, 0.25) is 5.91 Å². The monoisotopic (exact) mass is 429 g/mol. The molecule has 0 bridgehead atoms. The van der Waals surface area contributed by atoms with Crippen LogP contribution in [0.3, 0.4) is 0 Å². The Kier molecular flexibility index (Phi) is 7.17. The Morgan fingerprint density at radius 1 is 1.06 bits per heavy atom. The Morgan fingerprint density at radius 3 is 2.44 bits per heavy atom. The zero-order chi connectivity index (χ0) is 22.3. The second-order valence-corrected chi connectivity index (χ2v) is 8.46. The summed E-state index contributed by atoms with van der Waals surface area (Å²) in [5, 5.41) is 3.30. The number of nitrogens with zero attached hydrogens (tertiary/aromatic N) is 2. The van der Waals surface area contributed by atoms with Crippen LogP contribution in [0.4, 0.5) is 0 Å². The largest absolute Gasteiger partial charge is 0.497 e. The number of piperidine rings is 1. The number of ether oxygens (including phenoxy) is 1. The zero-order valence-corrected chi connectivity index (χ0v) is 18.8. The van der Waals surface area contributed by atoms with E-state index in [0.717, 1.165) is 55.0 Å². The van der Waals surface area contributed by atoms with Crippen LogP contribution in [0.2, 0.25) is 0 Å². The Bertz CT molecular complexity index is 1010. The van der Waals surface area contributed by atoms with Crippen LogP contribution < -0.4 is 10.1 Å². The normalized spacial score (nSPS) is 15.8. The van der Waals surface area contributed by atoms with Gasteiger partial charge in [-0.1, -0.05) is 48.5 Å². The van der Waals surface area contributed by atoms with Gasteiger partial charge in [-0.15, -0.1) is 0 Å². The van der Waals surface area contributed by atoms with E-state index in [1.54, 1.807) is 13.3 Å². The maximum atomic E-state index is 13.2. The fourth-order valence-corrected chi connectivity index (χ4v) is 4.36. The number of pyridine rings is 1. The van der Waals surface area contributed by atoms with Gasteiger partial charge >= 0.3 is 0 Å². The Morgan fingerprint density at radius 2 is 1.78 bits per heavy atom. The molecule has 2 heterocycles. The number of nitrogens with one attached hydrogen (secondary N) is 1. The summed E-state index contributed by atoms with van der Waals surface area (Å²) in [6, 6.07) is 22.1. The maximum absolute atomic E-state index is 13.2. The molecule has 5 nitrogen and oxygen atoms in total.